The van der Waals surface area contributed by atoms with E-state index in [1.807, 2.05) is 18.2 Å². The molecule has 1 aliphatic heterocycles. The van der Waals surface area contributed by atoms with E-state index in [-0.39, 0.29) is 5.78 Å². The Morgan fingerprint density at radius 3 is 2.50 bits per heavy atom. The molecule has 3 rings (SSSR count). The van der Waals surface area contributed by atoms with Gasteiger partial charge in [0.2, 0.25) is 0 Å². The molecule has 84 valence electrons. The number of carbonyl (C=O) groups is 1. The summed E-state index contributed by atoms with van der Waals surface area (Å²) in [5, 5.41) is 0. The number of para-hydroxylation sites is 1. The monoisotopic (exact) mass is 215 g/mol. The lowest BCUT2D eigenvalue weighted by molar-refractivity contribution is 0.0894. The molecule has 0 atom stereocenters. The Labute approximate surface area is 96.3 Å². The van der Waals surface area contributed by atoms with Gasteiger partial charge in [-0.2, -0.15) is 0 Å². The van der Waals surface area contributed by atoms with Crippen LogP contribution in [0.3, 0.4) is 0 Å². The van der Waals surface area contributed by atoms with E-state index < -0.39 is 0 Å². The van der Waals surface area contributed by atoms with Gasteiger partial charge in [-0.15, -0.1) is 0 Å². The van der Waals surface area contributed by atoms with Crippen molar-refractivity contribution in [3.05, 3.63) is 29.8 Å². The van der Waals surface area contributed by atoms with E-state index in [2.05, 4.69) is 11.0 Å². The molecule has 1 saturated carbocycles. The lowest BCUT2D eigenvalue weighted by Crippen LogP contribution is -2.60. The molecule has 0 radical (unpaired) electrons. The van der Waals surface area contributed by atoms with Crippen LogP contribution in [-0.2, 0) is 0 Å². The Morgan fingerprint density at radius 1 is 1.25 bits per heavy atom. The first-order chi connectivity index (χ1) is 7.70. The third-order valence-electron chi connectivity index (χ3n) is 4.09. The lowest BCUT2D eigenvalue weighted by atomic mass is 9.63. The lowest BCUT2D eigenvalue weighted by Gasteiger charge is -2.57. The van der Waals surface area contributed by atoms with Crippen LogP contribution in [0, 0.1) is 5.41 Å². The van der Waals surface area contributed by atoms with Gasteiger partial charge in [0.15, 0.2) is 5.78 Å². The Morgan fingerprint density at radius 2 is 1.94 bits per heavy atom. The van der Waals surface area contributed by atoms with Crippen molar-refractivity contribution in [2.45, 2.75) is 26.2 Å². The van der Waals surface area contributed by atoms with Crippen molar-refractivity contribution in [2.75, 3.05) is 18.0 Å². The minimum absolute atomic E-state index is 0.171. The van der Waals surface area contributed by atoms with Crippen molar-refractivity contribution < 1.29 is 4.79 Å². The molecule has 1 aromatic carbocycles. The third-order valence-corrected chi connectivity index (χ3v) is 4.09. The second kappa shape index (κ2) is 3.34. The fraction of sp³-hybridized carbons (Fsp3) is 0.500. The Kier molecular flexibility index (Phi) is 2.06. The van der Waals surface area contributed by atoms with E-state index in [4.69, 9.17) is 0 Å². The van der Waals surface area contributed by atoms with Crippen LogP contribution >= 0.6 is 0 Å². The molecule has 2 fully saturated rings. The quantitative estimate of drug-likeness (QED) is 0.707. The number of ketones is 1. The molecule has 2 heteroatoms. The van der Waals surface area contributed by atoms with E-state index in [0.717, 1.165) is 24.3 Å². The van der Waals surface area contributed by atoms with Crippen LogP contribution in [0.1, 0.15) is 36.5 Å². The van der Waals surface area contributed by atoms with Gasteiger partial charge >= 0.3 is 0 Å². The van der Waals surface area contributed by atoms with Crippen LogP contribution in [0.4, 0.5) is 5.69 Å². The second-order valence-corrected chi connectivity index (χ2v) is 5.28. The van der Waals surface area contributed by atoms with Crippen LogP contribution in [0.5, 0.6) is 0 Å². The maximum absolute atomic E-state index is 11.5. The number of carbonyl (C=O) groups excluding carboxylic acids is 1. The molecule has 1 spiro atoms. The summed E-state index contributed by atoms with van der Waals surface area (Å²) in [5.74, 6) is 0.171. The van der Waals surface area contributed by atoms with Gasteiger partial charge in [-0.25, -0.2) is 0 Å². The van der Waals surface area contributed by atoms with Gasteiger partial charge in [-0.3, -0.25) is 4.79 Å². The highest BCUT2D eigenvalue weighted by atomic mass is 16.1. The maximum Gasteiger partial charge on any atom is 0.161 e. The fourth-order valence-electron chi connectivity index (χ4n) is 2.97. The highest BCUT2D eigenvalue weighted by Crippen LogP contribution is 2.49. The van der Waals surface area contributed by atoms with Crippen LogP contribution in [0.15, 0.2) is 24.3 Å². The summed E-state index contributed by atoms with van der Waals surface area (Å²) in [6, 6.07) is 7.97. The third kappa shape index (κ3) is 1.36. The van der Waals surface area contributed by atoms with Crippen LogP contribution in [-0.4, -0.2) is 18.9 Å². The van der Waals surface area contributed by atoms with Crippen LogP contribution in [0.2, 0.25) is 0 Å². The Bertz CT molecular complexity index is 426. The first kappa shape index (κ1) is 9.88. The average Bonchev–Trinajstić information content (AvgIpc) is 2.14. The highest BCUT2D eigenvalue weighted by molar-refractivity contribution is 5.99. The minimum atomic E-state index is 0.171. The SMILES string of the molecule is CC(=O)c1ccccc1N1CC2(CCC2)C1. The van der Waals surface area contributed by atoms with Crippen molar-refractivity contribution in [3.63, 3.8) is 0 Å². The number of nitrogens with zero attached hydrogens (tertiary/aromatic N) is 1. The molecule has 0 N–H and O–H groups in total. The maximum atomic E-state index is 11.5. The largest absolute Gasteiger partial charge is 0.370 e. The van der Waals surface area contributed by atoms with Gasteiger partial charge in [-0.05, 0) is 31.9 Å². The number of benzene rings is 1. The van der Waals surface area contributed by atoms with Gasteiger partial charge in [-0.1, -0.05) is 18.6 Å². The summed E-state index contributed by atoms with van der Waals surface area (Å²) in [6.07, 6.45) is 4.15. The van der Waals surface area contributed by atoms with E-state index in [0.29, 0.717) is 5.41 Å². The number of hydrogen-bond donors (Lipinski definition) is 0. The number of rotatable bonds is 2. The average molecular weight is 215 g/mol. The molecular formula is C14H17NO. The minimum Gasteiger partial charge on any atom is -0.370 e. The summed E-state index contributed by atoms with van der Waals surface area (Å²) >= 11 is 0. The predicted octanol–water partition coefficient (Wildman–Crippen LogP) is 2.88. The van der Waals surface area contributed by atoms with Crippen molar-refractivity contribution in [1.82, 2.24) is 0 Å². The molecule has 1 aliphatic carbocycles. The molecule has 0 unspecified atom stereocenters. The second-order valence-electron chi connectivity index (χ2n) is 5.28. The molecular weight excluding hydrogens is 198 g/mol. The van der Waals surface area contributed by atoms with Crippen LogP contribution in [0.25, 0.3) is 0 Å². The smallest absolute Gasteiger partial charge is 0.161 e. The number of Topliss-reactive ketones (excluding diaryl/α,β-unsaturated/α-hetero) is 1. The van der Waals surface area contributed by atoms with Crippen molar-refractivity contribution >= 4 is 11.5 Å². The Hall–Kier alpha value is -1.31. The summed E-state index contributed by atoms with van der Waals surface area (Å²) < 4.78 is 0. The fourth-order valence-corrected chi connectivity index (χ4v) is 2.97. The van der Waals surface area contributed by atoms with Crippen molar-refractivity contribution in [1.29, 1.82) is 0 Å². The highest BCUT2D eigenvalue weighted by Gasteiger charge is 2.47. The summed E-state index contributed by atoms with van der Waals surface area (Å²) in [7, 11) is 0. The first-order valence-electron chi connectivity index (χ1n) is 6.05. The van der Waals surface area contributed by atoms with E-state index in [1.165, 1.54) is 19.3 Å². The zero-order valence-electron chi connectivity index (χ0n) is 9.70. The molecule has 1 heterocycles. The first-order valence-corrected chi connectivity index (χ1v) is 6.05. The van der Waals surface area contributed by atoms with E-state index >= 15 is 0 Å². The molecule has 2 nitrogen and oxygen atoms in total. The van der Waals surface area contributed by atoms with E-state index in [9.17, 15) is 4.79 Å². The molecule has 16 heavy (non-hydrogen) atoms. The number of anilines is 1. The van der Waals surface area contributed by atoms with E-state index in [1.54, 1.807) is 6.92 Å². The van der Waals surface area contributed by atoms with Gasteiger partial charge in [0.1, 0.15) is 0 Å². The molecule has 2 aliphatic rings. The summed E-state index contributed by atoms with van der Waals surface area (Å²) in [4.78, 5) is 13.9. The van der Waals surface area contributed by atoms with Crippen LogP contribution < -0.4 is 4.90 Å². The molecule has 1 aromatic rings. The zero-order valence-corrected chi connectivity index (χ0v) is 9.70. The normalized spacial score (nSPS) is 21.4. The number of hydrogen-bond acceptors (Lipinski definition) is 2. The molecule has 0 bridgehead atoms. The summed E-state index contributed by atoms with van der Waals surface area (Å²) in [6.45, 7) is 3.95. The van der Waals surface area contributed by atoms with Gasteiger partial charge < -0.3 is 4.90 Å². The predicted molar refractivity (Wildman–Crippen MR) is 64.9 cm³/mol. The topological polar surface area (TPSA) is 20.3 Å². The van der Waals surface area contributed by atoms with Gasteiger partial charge in [0.05, 0.1) is 0 Å². The van der Waals surface area contributed by atoms with Crippen molar-refractivity contribution in [3.8, 4) is 0 Å². The molecule has 0 amide bonds. The summed E-state index contributed by atoms with van der Waals surface area (Å²) in [5.41, 5.74) is 2.62. The standard InChI is InChI=1S/C14H17NO/c1-11(16)12-5-2-3-6-13(12)15-9-14(10-15)7-4-8-14/h2-3,5-6H,4,7-10H2,1H3. The zero-order chi connectivity index (χ0) is 11.2. The molecule has 1 saturated heterocycles. The van der Waals surface area contributed by atoms with Crippen molar-refractivity contribution in [2.24, 2.45) is 5.41 Å². The Balaban J connectivity index is 1.82. The van der Waals surface area contributed by atoms with Gasteiger partial charge in [0, 0.05) is 29.8 Å². The molecule has 0 aromatic heterocycles. The van der Waals surface area contributed by atoms with Gasteiger partial charge in [0.25, 0.3) is 0 Å².